The normalized spacial score (nSPS) is 27.0. The van der Waals surface area contributed by atoms with Crippen molar-refractivity contribution in [3.05, 3.63) is 34.4 Å². The highest BCUT2D eigenvalue weighted by molar-refractivity contribution is 7.23. The third kappa shape index (κ3) is 4.77. The molecule has 3 fully saturated rings. The van der Waals surface area contributed by atoms with Crippen molar-refractivity contribution >= 4 is 54.7 Å². The van der Waals surface area contributed by atoms with Crippen LogP contribution >= 0.6 is 22.9 Å². The van der Waals surface area contributed by atoms with Crippen molar-refractivity contribution in [2.45, 2.75) is 49.5 Å². The Kier molecular flexibility index (Phi) is 7.57. The van der Waals surface area contributed by atoms with E-state index in [1.165, 1.54) is 12.1 Å². The van der Waals surface area contributed by atoms with Crippen molar-refractivity contribution in [3.8, 4) is 29.0 Å². The SMILES string of the molecule is COC1(C)COCC2COc3c(Cl)c(-c4ccc(F)c5sc(N)c(C#N)c45)c(F)c4nc(OC[C@@]56CCCN5C[C@H](F)C6)nc(c34)N2C1. The first kappa shape index (κ1) is 31.6. The number of thiophene rings is 1. The number of nitriles is 1. The molecule has 0 saturated carbocycles. The molecule has 15 heteroatoms. The van der Waals surface area contributed by atoms with E-state index in [1.54, 1.807) is 7.11 Å². The van der Waals surface area contributed by atoms with Gasteiger partial charge in [-0.3, -0.25) is 4.90 Å². The van der Waals surface area contributed by atoms with Crippen LogP contribution in [0.15, 0.2) is 12.1 Å². The maximum absolute atomic E-state index is 17.2. The van der Waals surface area contributed by atoms with Crippen LogP contribution in [-0.2, 0) is 9.47 Å². The fourth-order valence-corrected chi connectivity index (χ4v) is 9.04. The molecule has 3 saturated heterocycles. The first-order valence-electron chi connectivity index (χ1n) is 15.7. The fourth-order valence-electron chi connectivity index (χ4n) is 7.76. The number of alkyl halides is 1. The first-order chi connectivity index (χ1) is 23.1. The average Bonchev–Trinajstić information content (AvgIpc) is 3.63. The highest BCUT2D eigenvalue weighted by Crippen LogP contribution is 2.51. The molecule has 2 unspecified atom stereocenters. The number of hydrogen-bond donors (Lipinski definition) is 1. The summed E-state index contributed by atoms with van der Waals surface area (Å²) in [5.41, 5.74) is 4.79. The summed E-state index contributed by atoms with van der Waals surface area (Å²) in [7, 11) is 1.60. The van der Waals surface area contributed by atoms with Crippen LogP contribution in [-0.4, -0.2) is 91.4 Å². The second kappa shape index (κ2) is 11.5. The number of fused-ring (bicyclic) bond motifs is 4. The summed E-state index contributed by atoms with van der Waals surface area (Å²) in [4.78, 5) is 13.5. The van der Waals surface area contributed by atoms with E-state index in [9.17, 15) is 9.65 Å². The van der Waals surface area contributed by atoms with Gasteiger partial charge >= 0.3 is 6.01 Å². The molecule has 4 atom stereocenters. The number of anilines is 2. The Labute approximate surface area is 283 Å². The Morgan fingerprint density at radius 3 is 2.88 bits per heavy atom. The van der Waals surface area contributed by atoms with Crippen molar-refractivity contribution in [2.75, 3.05) is 63.8 Å². The first-order valence-corrected chi connectivity index (χ1v) is 16.9. The van der Waals surface area contributed by atoms with Crippen LogP contribution in [0.5, 0.6) is 11.8 Å². The molecular weight excluding hydrogens is 669 g/mol. The quantitative estimate of drug-likeness (QED) is 0.271. The number of nitrogens with zero attached hydrogens (tertiary/aromatic N) is 5. The van der Waals surface area contributed by atoms with E-state index in [2.05, 4.69) is 9.88 Å². The summed E-state index contributed by atoms with van der Waals surface area (Å²) in [5.74, 6) is -0.976. The lowest BCUT2D eigenvalue weighted by Gasteiger charge is -2.34. The fraction of sp³-hybridized carbons (Fsp3) is 0.485. The highest BCUT2D eigenvalue weighted by Gasteiger charge is 2.49. The molecule has 2 aromatic carbocycles. The Morgan fingerprint density at radius 1 is 1.25 bits per heavy atom. The number of halogens is 4. The second-order valence-electron chi connectivity index (χ2n) is 13.3. The van der Waals surface area contributed by atoms with Gasteiger partial charge in [-0.2, -0.15) is 15.2 Å². The Hall–Kier alpha value is -3.61. The molecule has 2 aromatic heterocycles. The lowest BCUT2D eigenvalue weighted by molar-refractivity contribution is -0.0463. The smallest absolute Gasteiger partial charge is 0.319 e. The topological polar surface area (TPSA) is 119 Å². The van der Waals surface area contributed by atoms with Gasteiger partial charge in [0.25, 0.3) is 0 Å². The van der Waals surface area contributed by atoms with Gasteiger partial charge in [0.15, 0.2) is 11.6 Å². The Bertz CT molecular complexity index is 2030. The number of aromatic nitrogens is 2. The van der Waals surface area contributed by atoms with Crippen LogP contribution in [0.2, 0.25) is 5.02 Å². The molecule has 4 aliphatic heterocycles. The van der Waals surface area contributed by atoms with E-state index in [1.807, 2.05) is 17.9 Å². The monoisotopic (exact) mass is 700 g/mol. The van der Waals surface area contributed by atoms with Gasteiger partial charge in [0.1, 0.15) is 53.2 Å². The van der Waals surface area contributed by atoms with Crippen LogP contribution in [0.3, 0.4) is 0 Å². The molecule has 8 rings (SSSR count). The summed E-state index contributed by atoms with van der Waals surface area (Å²) < 4.78 is 71.4. The summed E-state index contributed by atoms with van der Waals surface area (Å²) in [6, 6.07) is 4.13. The maximum atomic E-state index is 17.2. The van der Waals surface area contributed by atoms with Crippen molar-refractivity contribution < 1.29 is 32.1 Å². The van der Waals surface area contributed by atoms with E-state index >= 15 is 8.78 Å². The highest BCUT2D eigenvalue weighted by atomic mass is 35.5. The van der Waals surface area contributed by atoms with Crippen molar-refractivity contribution in [1.29, 1.82) is 5.26 Å². The molecule has 10 nitrogen and oxygen atoms in total. The summed E-state index contributed by atoms with van der Waals surface area (Å²) in [5, 5.41) is 10.3. The van der Waals surface area contributed by atoms with E-state index in [0.717, 1.165) is 30.7 Å². The molecule has 0 aliphatic carbocycles. The standard InChI is InChI=1S/C33H32ClF3N6O4S/c1-32(44-2)13-43-17(11-45-14-32)12-46-27-23-26(40-31(41-30(23)43)47-15-33-6-3-7-42(33)10-16(35)8-33)25(37)22(24(27)34)18-4-5-20(36)28-21(18)19(9-38)29(39)48-28/h4-5,16-17H,3,6-8,10-15,39H2,1-2H3/t16-,17?,32?,33+/m1/s1. The summed E-state index contributed by atoms with van der Waals surface area (Å²) in [6.07, 6.45) is 1.07. The van der Waals surface area contributed by atoms with E-state index < -0.39 is 28.9 Å². The largest absolute Gasteiger partial charge is 0.489 e. The molecule has 0 amide bonds. The number of ether oxygens (including phenoxy) is 4. The van der Waals surface area contributed by atoms with Gasteiger partial charge in [-0.1, -0.05) is 17.7 Å². The van der Waals surface area contributed by atoms with Gasteiger partial charge in [0.05, 0.1) is 52.0 Å². The van der Waals surface area contributed by atoms with Gasteiger partial charge in [-0.25, -0.2) is 13.2 Å². The number of benzene rings is 2. The van der Waals surface area contributed by atoms with Gasteiger partial charge in [-0.05, 0) is 37.9 Å². The van der Waals surface area contributed by atoms with E-state index in [0.29, 0.717) is 31.9 Å². The molecule has 4 aromatic rings. The number of rotatable bonds is 5. The molecule has 4 aliphatic rings. The molecule has 0 bridgehead atoms. The van der Waals surface area contributed by atoms with Crippen LogP contribution in [0.1, 0.15) is 31.7 Å². The number of methoxy groups -OCH3 is 1. The third-order valence-corrected chi connectivity index (χ3v) is 11.6. The minimum atomic E-state index is -0.959. The zero-order valence-electron chi connectivity index (χ0n) is 26.2. The minimum Gasteiger partial charge on any atom is -0.489 e. The zero-order valence-corrected chi connectivity index (χ0v) is 27.8. The number of nitrogen functional groups attached to an aromatic ring is 1. The third-order valence-electron chi connectivity index (χ3n) is 10.2. The molecule has 252 valence electrons. The predicted molar refractivity (Wildman–Crippen MR) is 176 cm³/mol. The minimum absolute atomic E-state index is 0.0201. The van der Waals surface area contributed by atoms with Crippen molar-refractivity contribution in [2.24, 2.45) is 0 Å². The van der Waals surface area contributed by atoms with Crippen LogP contribution < -0.4 is 20.1 Å². The number of nitrogens with two attached hydrogens (primary N) is 1. The van der Waals surface area contributed by atoms with Crippen molar-refractivity contribution in [1.82, 2.24) is 14.9 Å². The second-order valence-corrected chi connectivity index (χ2v) is 14.7. The summed E-state index contributed by atoms with van der Waals surface area (Å²) >= 11 is 7.95. The summed E-state index contributed by atoms with van der Waals surface area (Å²) in [6.45, 7) is 4.16. The average molecular weight is 701 g/mol. The van der Waals surface area contributed by atoms with Crippen LogP contribution in [0.25, 0.3) is 32.1 Å². The lowest BCUT2D eigenvalue weighted by atomic mass is 9.95. The Balaban J connectivity index is 1.36. The number of hydrogen-bond acceptors (Lipinski definition) is 11. The zero-order chi connectivity index (χ0) is 33.5. The lowest BCUT2D eigenvalue weighted by Crippen LogP contribution is -2.48. The van der Waals surface area contributed by atoms with Gasteiger partial charge in [-0.15, -0.1) is 11.3 Å². The molecule has 48 heavy (non-hydrogen) atoms. The predicted octanol–water partition coefficient (Wildman–Crippen LogP) is 5.85. The van der Waals surface area contributed by atoms with E-state index in [-0.39, 0.29) is 85.3 Å². The maximum Gasteiger partial charge on any atom is 0.319 e. The molecule has 0 spiro atoms. The Morgan fingerprint density at radius 2 is 2.08 bits per heavy atom. The molecular formula is C33H32ClF3N6O4S. The molecule has 6 heterocycles. The van der Waals surface area contributed by atoms with Gasteiger partial charge in [0, 0.05) is 31.0 Å². The molecule has 2 N–H and O–H groups in total. The van der Waals surface area contributed by atoms with Crippen molar-refractivity contribution in [3.63, 3.8) is 0 Å². The van der Waals surface area contributed by atoms with Crippen LogP contribution in [0.4, 0.5) is 24.0 Å². The molecule has 0 radical (unpaired) electrons. The van der Waals surface area contributed by atoms with Gasteiger partial charge < -0.3 is 29.6 Å². The van der Waals surface area contributed by atoms with Gasteiger partial charge in [0.2, 0.25) is 0 Å². The van der Waals surface area contributed by atoms with Crippen LogP contribution in [0, 0.1) is 23.0 Å². The van der Waals surface area contributed by atoms with E-state index in [4.69, 9.17) is 41.3 Å².